The number of halogens is 7. The third kappa shape index (κ3) is 4.51. The molecule has 0 saturated carbocycles. The molecule has 0 heterocycles. The standard InChI is InChI=1S/C13H12F7N3O2/c1-2-11(12(15,16)17,13(18,19)20)21-10(25)23-22-9(24)7-3-5-8(14)6-4-7/h3-6H,2H2,1H3,(H,22,24)(H2,21,23,25). The van der Waals surface area contributed by atoms with Crippen molar-refractivity contribution in [3.63, 3.8) is 0 Å². The van der Waals surface area contributed by atoms with E-state index in [1.165, 1.54) is 5.43 Å². The van der Waals surface area contributed by atoms with Gasteiger partial charge in [0.15, 0.2) is 0 Å². The molecule has 0 aliphatic rings. The fraction of sp³-hybridized carbons (Fsp3) is 0.385. The SMILES string of the molecule is CCC(NC(=O)NNC(=O)c1ccc(F)cc1)(C(F)(F)F)C(F)(F)F. The van der Waals surface area contributed by atoms with Crippen LogP contribution in [0.5, 0.6) is 0 Å². The summed E-state index contributed by atoms with van der Waals surface area (Å²) in [5.41, 5.74) is -1.67. The first-order valence-corrected chi connectivity index (χ1v) is 6.61. The van der Waals surface area contributed by atoms with Crippen LogP contribution in [-0.4, -0.2) is 29.8 Å². The molecule has 0 bridgehead atoms. The normalized spacial score (nSPS) is 12.5. The van der Waals surface area contributed by atoms with Crippen molar-refractivity contribution in [1.29, 1.82) is 0 Å². The quantitative estimate of drug-likeness (QED) is 0.562. The summed E-state index contributed by atoms with van der Waals surface area (Å²) in [5.74, 6) is -1.75. The molecule has 0 aromatic heterocycles. The number of rotatable bonds is 3. The number of nitrogens with one attached hydrogen (secondary N) is 3. The van der Waals surface area contributed by atoms with E-state index in [2.05, 4.69) is 0 Å². The van der Waals surface area contributed by atoms with E-state index in [1.54, 1.807) is 5.43 Å². The van der Waals surface area contributed by atoms with Gasteiger partial charge < -0.3 is 5.32 Å². The highest BCUT2D eigenvalue weighted by atomic mass is 19.4. The molecule has 1 rings (SSSR count). The number of carbonyl (C=O) groups excluding carboxylic acids is 2. The van der Waals surface area contributed by atoms with Crippen LogP contribution in [0, 0.1) is 5.82 Å². The number of hydrogen-bond donors (Lipinski definition) is 3. The molecule has 0 aliphatic carbocycles. The van der Waals surface area contributed by atoms with Gasteiger partial charge in [0.2, 0.25) is 5.54 Å². The minimum Gasteiger partial charge on any atom is -0.315 e. The van der Waals surface area contributed by atoms with Gasteiger partial charge in [-0.1, -0.05) is 6.92 Å². The van der Waals surface area contributed by atoms with E-state index in [0.29, 0.717) is 6.92 Å². The van der Waals surface area contributed by atoms with Gasteiger partial charge in [-0.3, -0.25) is 10.2 Å². The van der Waals surface area contributed by atoms with E-state index in [0.717, 1.165) is 29.6 Å². The van der Waals surface area contributed by atoms with Gasteiger partial charge in [0, 0.05) is 5.56 Å². The maximum atomic E-state index is 12.8. The Balaban J connectivity index is 2.82. The number of amides is 3. The van der Waals surface area contributed by atoms with Gasteiger partial charge in [-0.25, -0.2) is 14.6 Å². The van der Waals surface area contributed by atoms with Crippen molar-refractivity contribution in [3.8, 4) is 0 Å². The zero-order valence-corrected chi connectivity index (χ0v) is 12.5. The van der Waals surface area contributed by atoms with Crippen molar-refractivity contribution < 1.29 is 40.3 Å². The lowest BCUT2D eigenvalue weighted by molar-refractivity contribution is -0.304. The van der Waals surface area contributed by atoms with Gasteiger partial charge in [-0.05, 0) is 30.7 Å². The monoisotopic (exact) mass is 375 g/mol. The van der Waals surface area contributed by atoms with Crippen LogP contribution in [0.3, 0.4) is 0 Å². The zero-order valence-electron chi connectivity index (χ0n) is 12.5. The molecule has 1 aromatic carbocycles. The molecule has 0 fully saturated rings. The number of urea groups is 1. The lowest BCUT2D eigenvalue weighted by atomic mass is 9.94. The highest BCUT2D eigenvalue weighted by molar-refractivity contribution is 5.95. The minimum atomic E-state index is -5.82. The molecule has 0 unspecified atom stereocenters. The van der Waals surface area contributed by atoms with Crippen molar-refractivity contribution in [2.45, 2.75) is 31.2 Å². The number of hydrazine groups is 1. The summed E-state index contributed by atoms with van der Waals surface area (Å²) >= 11 is 0. The summed E-state index contributed by atoms with van der Waals surface area (Å²) in [7, 11) is 0. The average Bonchev–Trinajstić information content (AvgIpc) is 2.48. The maximum Gasteiger partial charge on any atom is 0.420 e. The molecule has 12 heteroatoms. The summed E-state index contributed by atoms with van der Waals surface area (Å²) in [6.07, 6.45) is -13.2. The molecule has 0 spiro atoms. The maximum absolute atomic E-state index is 12.8. The number of benzene rings is 1. The zero-order chi connectivity index (χ0) is 19.5. The molecule has 140 valence electrons. The molecule has 0 saturated heterocycles. The fourth-order valence-corrected chi connectivity index (χ4v) is 1.80. The second-order valence-electron chi connectivity index (χ2n) is 4.79. The second kappa shape index (κ2) is 7.15. The Labute approximate surface area is 136 Å². The number of hydrogen-bond acceptors (Lipinski definition) is 2. The Kier molecular flexibility index (Phi) is 5.87. The van der Waals surface area contributed by atoms with Crippen molar-refractivity contribution in [3.05, 3.63) is 35.6 Å². The highest BCUT2D eigenvalue weighted by Crippen LogP contribution is 2.45. The first-order valence-electron chi connectivity index (χ1n) is 6.61. The summed E-state index contributed by atoms with van der Waals surface area (Å²) in [6.45, 7) is 0.596. The number of alkyl halides is 6. The topological polar surface area (TPSA) is 70.2 Å². The van der Waals surface area contributed by atoms with Gasteiger partial charge in [-0.15, -0.1) is 0 Å². The highest BCUT2D eigenvalue weighted by Gasteiger charge is 2.70. The summed E-state index contributed by atoms with van der Waals surface area (Å²) in [4.78, 5) is 23.0. The van der Waals surface area contributed by atoms with Gasteiger partial charge in [0.05, 0.1) is 0 Å². The third-order valence-electron chi connectivity index (χ3n) is 3.22. The summed E-state index contributed by atoms with van der Waals surface area (Å²) in [6, 6.07) is 1.85. The van der Waals surface area contributed by atoms with Crippen LogP contribution < -0.4 is 16.2 Å². The predicted octanol–water partition coefficient (Wildman–Crippen LogP) is 3.04. The fourth-order valence-electron chi connectivity index (χ4n) is 1.80. The van der Waals surface area contributed by atoms with Crippen LogP contribution in [0.2, 0.25) is 0 Å². The molecule has 3 N–H and O–H groups in total. The lowest BCUT2D eigenvalue weighted by Crippen LogP contribution is -2.69. The molecule has 1 aromatic rings. The third-order valence-corrected chi connectivity index (χ3v) is 3.22. The van der Waals surface area contributed by atoms with E-state index in [1.807, 2.05) is 0 Å². The summed E-state index contributed by atoms with van der Waals surface area (Å²) < 4.78 is 89.8. The first-order chi connectivity index (χ1) is 11.3. The summed E-state index contributed by atoms with van der Waals surface area (Å²) in [5, 5.41) is 0.801. The van der Waals surface area contributed by atoms with Crippen LogP contribution >= 0.6 is 0 Å². The molecular weight excluding hydrogens is 363 g/mol. The Morgan fingerprint density at radius 2 is 1.40 bits per heavy atom. The minimum absolute atomic E-state index is 0.185. The Hall–Kier alpha value is -2.53. The molecule has 5 nitrogen and oxygen atoms in total. The van der Waals surface area contributed by atoms with Crippen LogP contribution in [-0.2, 0) is 0 Å². The molecule has 3 amide bonds. The van der Waals surface area contributed by atoms with Gasteiger partial charge in [0.1, 0.15) is 5.82 Å². The Morgan fingerprint density at radius 3 is 1.80 bits per heavy atom. The Morgan fingerprint density at radius 1 is 0.920 bits per heavy atom. The predicted molar refractivity (Wildman–Crippen MR) is 70.7 cm³/mol. The van der Waals surface area contributed by atoms with Crippen LogP contribution in [0.25, 0.3) is 0 Å². The smallest absolute Gasteiger partial charge is 0.315 e. The van der Waals surface area contributed by atoms with Gasteiger partial charge in [-0.2, -0.15) is 26.3 Å². The average molecular weight is 375 g/mol. The van der Waals surface area contributed by atoms with Crippen LogP contribution in [0.4, 0.5) is 35.5 Å². The Bertz CT molecular complexity index is 612. The molecular formula is C13H12F7N3O2. The largest absolute Gasteiger partial charge is 0.420 e. The van der Waals surface area contributed by atoms with Crippen molar-refractivity contribution in [2.75, 3.05) is 0 Å². The van der Waals surface area contributed by atoms with Crippen molar-refractivity contribution in [1.82, 2.24) is 16.2 Å². The van der Waals surface area contributed by atoms with Gasteiger partial charge in [0.25, 0.3) is 5.91 Å². The molecule has 0 aliphatic heterocycles. The molecule has 25 heavy (non-hydrogen) atoms. The van der Waals surface area contributed by atoms with E-state index in [-0.39, 0.29) is 5.56 Å². The lowest BCUT2D eigenvalue weighted by Gasteiger charge is -2.36. The second-order valence-corrected chi connectivity index (χ2v) is 4.79. The van der Waals surface area contributed by atoms with Crippen molar-refractivity contribution >= 4 is 11.9 Å². The van der Waals surface area contributed by atoms with E-state index in [4.69, 9.17) is 0 Å². The van der Waals surface area contributed by atoms with Crippen LogP contribution in [0.15, 0.2) is 24.3 Å². The van der Waals surface area contributed by atoms with E-state index >= 15 is 0 Å². The molecule has 0 atom stereocenters. The van der Waals surface area contributed by atoms with Crippen LogP contribution in [0.1, 0.15) is 23.7 Å². The number of carbonyl (C=O) groups is 2. The van der Waals surface area contributed by atoms with Gasteiger partial charge >= 0.3 is 18.4 Å². The van der Waals surface area contributed by atoms with Crippen molar-refractivity contribution in [2.24, 2.45) is 0 Å². The van der Waals surface area contributed by atoms with E-state index in [9.17, 15) is 40.3 Å². The van der Waals surface area contributed by atoms with E-state index < -0.39 is 42.1 Å². The molecule has 0 radical (unpaired) electrons. The first kappa shape index (κ1) is 20.5.